The Morgan fingerprint density at radius 2 is 2.23 bits per heavy atom. The molecule has 0 heterocycles. The monoisotopic (exact) mass is 241 g/mol. The fraction of sp³-hybridized carbons (Fsp3) is 0.400. The minimum absolute atomic E-state index is 0.109. The fourth-order valence-corrected chi connectivity index (χ4v) is 2.16. The van der Waals surface area contributed by atoms with Crippen molar-refractivity contribution in [1.82, 2.24) is 0 Å². The molecule has 0 radical (unpaired) electrons. The van der Waals surface area contributed by atoms with E-state index in [0.29, 0.717) is 0 Å². The van der Waals surface area contributed by atoms with Crippen LogP contribution in [0.2, 0.25) is 0 Å². The largest absolute Gasteiger partial charge is 0.387 e. The van der Waals surface area contributed by atoms with Gasteiger partial charge in [0.2, 0.25) is 0 Å². The van der Waals surface area contributed by atoms with Crippen molar-refractivity contribution in [2.24, 2.45) is 5.73 Å². The van der Waals surface area contributed by atoms with Crippen LogP contribution in [-0.4, -0.2) is 11.1 Å². The summed E-state index contributed by atoms with van der Waals surface area (Å²) in [6.07, 6.45) is 1.35. The van der Waals surface area contributed by atoms with Crippen molar-refractivity contribution in [3.63, 3.8) is 0 Å². The van der Waals surface area contributed by atoms with Gasteiger partial charge in [-0.3, -0.25) is 0 Å². The molecule has 1 aliphatic carbocycles. The standard InChI is InChI=1S/C10H12BrNO/c11-7-3-1-6-2-4-9(12)10(13)8(6)5-7/h1,3,5,9-10,13H,2,4,12H2/t9-,10+/m1/s1. The molecule has 2 nitrogen and oxygen atoms in total. The molecule has 0 saturated heterocycles. The molecule has 0 unspecified atom stereocenters. The first kappa shape index (κ1) is 9.19. The van der Waals surface area contributed by atoms with Crippen LogP contribution in [0.15, 0.2) is 22.7 Å². The van der Waals surface area contributed by atoms with E-state index in [1.165, 1.54) is 5.56 Å². The first-order chi connectivity index (χ1) is 6.18. The summed E-state index contributed by atoms with van der Waals surface area (Å²) < 4.78 is 0.999. The van der Waals surface area contributed by atoms with Gasteiger partial charge in [0, 0.05) is 10.5 Å². The third-order valence-corrected chi connectivity index (χ3v) is 3.07. The van der Waals surface area contributed by atoms with E-state index >= 15 is 0 Å². The van der Waals surface area contributed by atoms with Gasteiger partial charge in [0.15, 0.2) is 0 Å². The van der Waals surface area contributed by atoms with E-state index in [0.717, 1.165) is 22.9 Å². The summed E-state index contributed by atoms with van der Waals surface area (Å²) in [6.45, 7) is 0. The zero-order valence-electron chi connectivity index (χ0n) is 7.20. The predicted octanol–water partition coefficient (Wildman–Crippen LogP) is 1.76. The molecular weight excluding hydrogens is 230 g/mol. The van der Waals surface area contributed by atoms with Gasteiger partial charge in [-0.25, -0.2) is 0 Å². The topological polar surface area (TPSA) is 46.2 Å². The minimum atomic E-state index is -0.499. The molecule has 0 amide bonds. The summed E-state index contributed by atoms with van der Waals surface area (Å²) in [5, 5.41) is 9.81. The molecule has 70 valence electrons. The Morgan fingerprint density at radius 1 is 1.46 bits per heavy atom. The molecule has 1 aromatic carbocycles. The van der Waals surface area contributed by atoms with Crippen molar-refractivity contribution in [3.05, 3.63) is 33.8 Å². The number of benzene rings is 1. The molecule has 2 rings (SSSR count). The average Bonchev–Trinajstić information content (AvgIpc) is 2.12. The zero-order valence-corrected chi connectivity index (χ0v) is 8.79. The smallest absolute Gasteiger partial charge is 0.0944 e. The summed E-state index contributed by atoms with van der Waals surface area (Å²) in [7, 11) is 0. The second kappa shape index (κ2) is 3.40. The predicted molar refractivity (Wildman–Crippen MR) is 55.4 cm³/mol. The molecule has 0 aromatic heterocycles. The Hall–Kier alpha value is -0.380. The summed E-state index contributed by atoms with van der Waals surface area (Å²) in [5.41, 5.74) is 7.98. The number of rotatable bonds is 0. The molecule has 3 N–H and O–H groups in total. The molecule has 0 bridgehead atoms. The average molecular weight is 242 g/mol. The number of hydrogen-bond acceptors (Lipinski definition) is 2. The van der Waals surface area contributed by atoms with Gasteiger partial charge in [0.25, 0.3) is 0 Å². The highest BCUT2D eigenvalue weighted by Crippen LogP contribution is 2.30. The molecule has 1 aliphatic rings. The SMILES string of the molecule is N[C@@H]1CCc2ccc(Br)cc2[C@@H]1O. The fourth-order valence-electron chi connectivity index (χ4n) is 1.78. The summed E-state index contributed by atoms with van der Waals surface area (Å²) >= 11 is 3.39. The highest BCUT2D eigenvalue weighted by molar-refractivity contribution is 9.10. The normalized spacial score (nSPS) is 27.0. The van der Waals surface area contributed by atoms with Gasteiger partial charge in [0.05, 0.1) is 6.10 Å². The van der Waals surface area contributed by atoms with Gasteiger partial charge in [-0.2, -0.15) is 0 Å². The number of hydrogen-bond donors (Lipinski definition) is 2. The van der Waals surface area contributed by atoms with Crippen LogP contribution in [0.3, 0.4) is 0 Å². The van der Waals surface area contributed by atoms with E-state index in [2.05, 4.69) is 22.0 Å². The quantitative estimate of drug-likeness (QED) is 0.728. The van der Waals surface area contributed by atoms with Crippen molar-refractivity contribution in [2.45, 2.75) is 25.0 Å². The number of aliphatic hydroxyl groups is 1. The number of halogens is 1. The number of aliphatic hydroxyl groups excluding tert-OH is 1. The Bertz CT molecular complexity index is 327. The van der Waals surface area contributed by atoms with Gasteiger partial charge in [-0.05, 0) is 36.1 Å². The molecule has 0 fully saturated rings. The van der Waals surface area contributed by atoms with Gasteiger partial charge in [0.1, 0.15) is 0 Å². The molecule has 3 heteroatoms. The maximum atomic E-state index is 9.81. The van der Waals surface area contributed by atoms with Gasteiger partial charge in [-0.15, -0.1) is 0 Å². The van der Waals surface area contributed by atoms with E-state index in [9.17, 15) is 5.11 Å². The molecule has 1 aromatic rings. The summed E-state index contributed by atoms with van der Waals surface area (Å²) in [6, 6.07) is 5.90. The molecule has 2 atom stereocenters. The van der Waals surface area contributed by atoms with E-state index < -0.39 is 6.10 Å². The van der Waals surface area contributed by atoms with Gasteiger partial charge < -0.3 is 10.8 Å². The lowest BCUT2D eigenvalue weighted by atomic mass is 9.86. The number of nitrogens with two attached hydrogens (primary N) is 1. The molecule has 0 saturated carbocycles. The van der Waals surface area contributed by atoms with Crippen LogP contribution in [-0.2, 0) is 6.42 Å². The second-order valence-electron chi connectivity index (χ2n) is 3.49. The Balaban J connectivity index is 2.45. The highest BCUT2D eigenvalue weighted by atomic mass is 79.9. The van der Waals surface area contributed by atoms with Crippen molar-refractivity contribution in [2.75, 3.05) is 0 Å². The Kier molecular flexibility index (Phi) is 2.41. The first-order valence-electron chi connectivity index (χ1n) is 4.40. The lowest BCUT2D eigenvalue weighted by Gasteiger charge is -2.27. The molecular formula is C10H12BrNO. The van der Waals surface area contributed by atoms with Crippen molar-refractivity contribution in [3.8, 4) is 0 Å². The van der Waals surface area contributed by atoms with Crippen molar-refractivity contribution >= 4 is 15.9 Å². The van der Waals surface area contributed by atoms with E-state index in [1.807, 2.05) is 12.1 Å². The first-order valence-corrected chi connectivity index (χ1v) is 5.20. The lowest BCUT2D eigenvalue weighted by molar-refractivity contribution is 0.134. The number of aryl methyl sites for hydroxylation is 1. The maximum Gasteiger partial charge on any atom is 0.0944 e. The van der Waals surface area contributed by atoms with Crippen molar-refractivity contribution < 1.29 is 5.11 Å². The minimum Gasteiger partial charge on any atom is -0.387 e. The Morgan fingerprint density at radius 3 is 3.00 bits per heavy atom. The van der Waals surface area contributed by atoms with E-state index in [1.54, 1.807) is 0 Å². The van der Waals surface area contributed by atoms with Gasteiger partial charge in [-0.1, -0.05) is 22.0 Å². The van der Waals surface area contributed by atoms with Crippen LogP contribution in [0.25, 0.3) is 0 Å². The second-order valence-corrected chi connectivity index (χ2v) is 4.41. The molecule has 0 spiro atoms. The van der Waals surface area contributed by atoms with E-state index in [4.69, 9.17) is 5.73 Å². The van der Waals surface area contributed by atoms with Crippen LogP contribution >= 0.6 is 15.9 Å². The van der Waals surface area contributed by atoms with Crippen LogP contribution in [0, 0.1) is 0 Å². The molecule has 0 aliphatic heterocycles. The zero-order chi connectivity index (χ0) is 9.42. The number of fused-ring (bicyclic) bond motifs is 1. The van der Waals surface area contributed by atoms with Crippen LogP contribution in [0.1, 0.15) is 23.7 Å². The third kappa shape index (κ3) is 1.64. The Labute approximate surface area is 85.9 Å². The van der Waals surface area contributed by atoms with Crippen LogP contribution in [0.4, 0.5) is 0 Å². The maximum absolute atomic E-state index is 9.81. The van der Waals surface area contributed by atoms with Crippen LogP contribution in [0.5, 0.6) is 0 Å². The third-order valence-electron chi connectivity index (χ3n) is 2.58. The van der Waals surface area contributed by atoms with Crippen molar-refractivity contribution in [1.29, 1.82) is 0 Å². The summed E-state index contributed by atoms with van der Waals surface area (Å²) in [5.74, 6) is 0. The lowest BCUT2D eigenvalue weighted by Crippen LogP contribution is -2.32. The van der Waals surface area contributed by atoms with Crippen LogP contribution < -0.4 is 5.73 Å². The summed E-state index contributed by atoms with van der Waals surface area (Å²) in [4.78, 5) is 0. The van der Waals surface area contributed by atoms with Gasteiger partial charge >= 0.3 is 0 Å². The highest BCUT2D eigenvalue weighted by Gasteiger charge is 2.24. The van der Waals surface area contributed by atoms with E-state index in [-0.39, 0.29) is 6.04 Å². The molecule has 13 heavy (non-hydrogen) atoms.